The molecule has 0 spiro atoms. The third-order valence-electron chi connectivity index (χ3n) is 4.23. The molecule has 0 fully saturated rings. The number of rotatable bonds is 4. The van der Waals surface area contributed by atoms with E-state index in [2.05, 4.69) is 44.2 Å². The summed E-state index contributed by atoms with van der Waals surface area (Å²) in [5, 5.41) is 0. The van der Waals surface area contributed by atoms with Crippen LogP contribution in [0.3, 0.4) is 0 Å². The quantitative estimate of drug-likeness (QED) is 0.524. The van der Waals surface area contributed by atoms with E-state index in [1.807, 2.05) is 47.3 Å². The summed E-state index contributed by atoms with van der Waals surface area (Å²) in [6.07, 6.45) is 3.94. The van der Waals surface area contributed by atoms with Gasteiger partial charge in [-0.3, -0.25) is 4.79 Å². The molecule has 0 radical (unpaired) electrons. The first-order chi connectivity index (χ1) is 11.1. The number of hydrogen-bond donors (Lipinski definition) is 0. The molecule has 3 rings (SSSR count). The van der Waals surface area contributed by atoms with Gasteiger partial charge >= 0.3 is 0 Å². The summed E-state index contributed by atoms with van der Waals surface area (Å²) in [4.78, 5) is 12.2. The van der Waals surface area contributed by atoms with Crippen LogP contribution >= 0.6 is 0 Å². The number of Topliss-reactive ketones (excluding diaryl/α,β-unsaturated/α-hetero) is 1. The number of aromatic nitrogens is 1. The SMILES string of the molecule is Cc1cccc(-c2cc[n+](CC(=O)c3ccccc3)cc2)c1C. The summed E-state index contributed by atoms with van der Waals surface area (Å²) in [6.45, 7) is 4.63. The second-order valence-corrected chi connectivity index (χ2v) is 5.80. The smallest absolute Gasteiger partial charge is 0.227 e. The first-order valence-corrected chi connectivity index (χ1v) is 7.79. The van der Waals surface area contributed by atoms with Crippen molar-refractivity contribution < 1.29 is 9.36 Å². The number of nitrogens with zero attached hydrogens (tertiary/aromatic N) is 1. The molecule has 0 saturated heterocycles. The molecule has 0 aliphatic carbocycles. The normalized spacial score (nSPS) is 10.5. The van der Waals surface area contributed by atoms with Gasteiger partial charge in [0.15, 0.2) is 12.4 Å². The van der Waals surface area contributed by atoms with Crippen LogP contribution in [0.4, 0.5) is 0 Å². The Balaban J connectivity index is 1.80. The van der Waals surface area contributed by atoms with Gasteiger partial charge in [-0.1, -0.05) is 48.5 Å². The molecule has 0 amide bonds. The molecule has 0 N–H and O–H groups in total. The van der Waals surface area contributed by atoms with Crippen LogP contribution < -0.4 is 4.57 Å². The number of hydrogen-bond acceptors (Lipinski definition) is 1. The Hall–Kier alpha value is -2.74. The van der Waals surface area contributed by atoms with Gasteiger partial charge in [0.1, 0.15) is 0 Å². The number of benzene rings is 2. The Kier molecular flexibility index (Phi) is 4.33. The van der Waals surface area contributed by atoms with Crippen molar-refractivity contribution in [1.82, 2.24) is 0 Å². The molecule has 0 bridgehead atoms. The van der Waals surface area contributed by atoms with Crippen LogP contribution in [0.25, 0.3) is 11.1 Å². The molecule has 1 aromatic heterocycles. The van der Waals surface area contributed by atoms with Gasteiger partial charge in [-0.15, -0.1) is 0 Å². The number of pyridine rings is 1. The Morgan fingerprint density at radius 3 is 2.26 bits per heavy atom. The highest BCUT2D eigenvalue weighted by Gasteiger charge is 2.12. The standard InChI is InChI=1S/C21H20NO/c1-16-7-6-10-20(17(16)2)18-11-13-22(14-12-18)15-21(23)19-8-4-3-5-9-19/h3-14H,15H2,1-2H3/q+1. The highest BCUT2D eigenvalue weighted by atomic mass is 16.1. The van der Waals surface area contributed by atoms with Gasteiger partial charge < -0.3 is 0 Å². The van der Waals surface area contributed by atoms with Gasteiger partial charge in [0.2, 0.25) is 12.3 Å². The van der Waals surface area contributed by atoms with Crippen LogP contribution in [-0.4, -0.2) is 5.78 Å². The second kappa shape index (κ2) is 6.57. The lowest BCUT2D eigenvalue weighted by molar-refractivity contribution is -0.683. The van der Waals surface area contributed by atoms with Gasteiger partial charge in [0.25, 0.3) is 0 Å². The van der Waals surface area contributed by atoms with Crippen LogP contribution in [0.15, 0.2) is 73.1 Å². The fourth-order valence-electron chi connectivity index (χ4n) is 2.69. The number of aryl methyl sites for hydroxylation is 1. The monoisotopic (exact) mass is 302 g/mol. The molecule has 1 heterocycles. The summed E-state index contributed by atoms with van der Waals surface area (Å²) in [5.74, 6) is 0.120. The lowest BCUT2D eigenvalue weighted by Crippen LogP contribution is -2.37. The minimum Gasteiger partial charge on any atom is -0.287 e. The van der Waals surface area contributed by atoms with E-state index in [9.17, 15) is 4.79 Å². The molecule has 23 heavy (non-hydrogen) atoms. The predicted molar refractivity (Wildman–Crippen MR) is 92.3 cm³/mol. The topological polar surface area (TPSA) is 20.9 Å². The Morgan fingerprint density at radius 1 is 0.870 bits per heavy atom. The zero-order valence-corrected chi connectivity index (χ0v) is 13.5. The molecule has 3 aromatic rings. The van der Waals surface area contributed by atoms with Crippen molar-refractivity contribution in [3.63, 3.8) is 0 Å². The van der Waals surface area contributed by atoms with Crippen molar-refractivity contribution in [3.05, 3.63) is 89.7 Å². The zero-order chi connectivity index (χ0) is 16.2. The number of carbonyl (C=O) groups excluding carboxylic acids is 1. The minimum absolute atomic E-state index is 0.120. The molecule has 0 unspecified atom stereocenters. The first-order valence-electron chi connectivity index (χ1n) is 7.79. The summed E-state index contributed by atoms with van der Waals surface area (Å²) in [6, 6.07) is 19.9. The van der Waals surface area contributed by atoms with Gasteiger partial charge in [-0.2, -0.15) is 4.57 Å². The number of ketones is 1. The molecular weight excluding hydrogens is 282 g/mol. The summed E-state index contributed by atoms with van der Waals surface area (Å²) < 4.78 is 1.92. The van der Waals surface area contributed by atoms with Crippen LogP contribution in [0, 0.1) is 13.8 Å². The lowest BCUT2D eigenvalue weighted by atomic mass is 9.98. The Bertz CT molecular complexity index is 820. The van der Waals surface area contributed by atoms with E-state index in [0.717, 1.165) is 5.56 Å². The maximum Gasteiger partial charge on any atom is 0.227 e. The van der Waals surface area contributed by atoms with E-state index in [-0.39, 0.29) is 5.78 Å². The van der Waals surface area contributed by atoms with Crippen molar-refractivity contribution in [3.8, 4) is 11.1 Å². The van der Waals surface area contributed by atoms with Crippen molar-refractivity contribution >= 4 is 5.78 Å². The summed E-state index contributed by atoms with van der Waals surface area (Å²) >= 11 is 0. The molecular formula is C21H20NO+. The van der Waals surface area contributed by atoms with E-state index in [1.165, 1.54) is 22.3 Å². The molecule has 0 aliphatic heterocycles. The third kappa shape index (κ3) is 3.37. The fourth-order valence-corrected chi connectivity index (χ4v) is 2.69. The summed E-state index contributed by atoms with van der Waals surface area (Å²) in [7, 11) is 0. The maximum atomic E-state index is 12.2. The van der Waals surface area contributed by atoms with E-state index < -0.39 is 0 Å². The van der Waals surface area contributed by atoms with Gasteiger partial charge in [-0.25, -0.2) is 0 Å². The molecule has 2 aromatic carbocycles. The molecule has 2 nitrogen and oxygen atoms in total. The molecule has 2 heteroatoms. The second-order valence-electron chi connectivity index (χ2n) is 5.80. The van der Waals surface area contributed by atoms with E-state index in [4.69, 9.17) is 0 Å². The van der Waals surface area contributed by atoms with Crippen molar-refractivity contribution in [1.29, 1.82) is 0 Å². The van der Waals surface area contributed by atoms with Crippen LogP contribution in [0.1, 0.15) is 21.5 Å². The van der Waals surface area contributed by atoms with Gasteiger partial charge in [0.05, 0.1) is 0 Å². The molecule has 0 saturated carbocycles. The average Bonchev–Trinajstić information content (AvgIpc) is 2.59. The Labute approximate surface area is 137 Å². The molecule has 0 atom stereocenters. The van der Waals surface area contributed by atoms with Crippen LogP contribution in [0.5, 0.6) is 0 Å². The fraction of sp³-hybridized carbons (Fsp3) is 0.143. The van der Waals surface area contributed by atoms with Gasteiger partial charge in [-0.05, 0) is 36.1 Å². The maximum absolute atomic E-state index is 12.2. The molecule has 114 valence electrons. The highest BCUT2D eigenvalue weighted by Crippen LogP contribution is 2.24. The van der Waals surface area contributed by atoms with Crippen molar-refractivity contribution in [2.24, 2.45) is 0 Å². The zero-order valence-electron chi connectivity index (χ0n) is 13.5. The van der Waals surface area contributed by atoms with E-state index in [1.54, 1.807) is 0 Å². The van der Waals surface area contributed by atoms with E-state index in [0.29, 0.717) is 6.54 Å². The van der Waals surface area contributed by atoms with E-state index >= 15 is 0 Å². The third-order valence-corrected chi connectivity index (χ3v) is 4.23. The largest absolute Gasteiger partial charge is 0.287 e. The van der Waals surface area contributed by atoms with Crippen LogP contribution in [0.2, 0.25) is 0 Å². The Morgan fingerprint density at radius 2 is 1.57 bits per heavy atom. The highest BCUT2D eigenvalue weighted by molar-refractivity contribution is 5.94. The predicted octanol–water partition coefficient (Wildman–Crippen LogP) is 4.14. The molecule has 0 aliphatic rings. The van der Waals surface area contributed by atoms with Crippen LogP contribution in [-0.2, 0) is 6.54 Å². The van der Waals surface area contributed by atoms with Crippen molar-refractivity contribution in [2.45, 2.75) is 20.4 Å². The minimum atomic E-state index is 0.120. The van der Waals surface area contributed by atoms with Crippen molar-refractivity contribution in [2.75, 3.05) is 0 Å². The first kappa shape index (κ1) is 15.2. The average molecular weight is 302 g/mol. The van der Waals surface area contributed by atoms with Gasteiger partial charge in [0, 0.05) is 17.7 Å². The summed E-state index contributed by atoms with van der Waals surface area (Å²) in [5.41, 5.74) is 5.75. The lowest BCUT2D eigenvalue weighted by Gasteiger charge is -2.08. The number of carbonyl (C=O) groups is 1.